The number of halogens is 1. The standard InChI is InChI=1S/C27H32ClN7O/c1-2-8-24-25(28)34(16-15-19-9-4-3-5-10-19)27(36)35(24)18-21-14-13-20(17-29-21)22-11-6-7-12-23(22)26-30-32-33-31-26/h6-7,11-14,17,19H,2-5,8-10,15-16,18H2,1H3,(H,30,31,32,33). The van der Waals surface area contributed by atoms with Crippen LogP contribution < -0.4 is 5.69 Å². The highest BCUT2D eigenvalue weighted by molar-refractivity contribution is 6.30. The van der Waals surface area contributed by atoms with Gasteiger partial charge in [0.1, 0.15) is 5.15 Å². The monoisotopic (exact) mass is 505 g/mol. The van der Waals surface area contributed by atoms with Gasteiger partial charge in [-0.15, -0.1) is 5.10 Å². The van der Waals surface area contributed by atoms with Gasteiger partial charge in [0.05, 0.1) is 17.9 Å². The number of nitrogens with one attached hydrogen (secondary N) is 1. The minimum Gasteiger partial charge on any atom is -0.289 e. The van der Waals surface area contributed by atoms with E-state index in [2.05, 4.69) is 27.5 Å². The molecule has 0 atom stereocenters. The van der Waals surface area contributed by atoms with Crippen LogP contribution in [0.4, 0.5) is 0 Å². The number of nitrogens with zero attached hydrogens (tertiary/aromatic N) is 6. The fraction of sp³-hybridized carbons (Fsp3) is 0.444. The molecule has 1 saturated carbocycles. The molecule has 0 bridgehead atoms. The third-order valence-electron chi connectivity index (χ3n) is 7.22. The zero-order valence-electron chi connectivity index (χ0n) is 20.7. The minimum atomic E-state index is -0.0340. The van der Waals surface area contributed by atoms with Crippen LogP contribution in [0.25, 0.3) is 22.5 Å². The molecule has 9 heteroatoms. The molecule has 1 fully saturated rings. The lowest BCUT2D eigenvalue weighted by Gasteiger charge is -2.21. The molecule has 0 saturated heterocycles. The molecule has 3 heterocycles. The summed E-state index contributed by atoms with van der Waals surface area (Å²) in [6.45, 7) is 3.20. The summed E-state index contributed by atoms with van der Waals surface area (Å²) >= 11 is 6.77. The molecule has 1 aliphatic rings. The zero-order chi connectivity index (χ0) is 24.9. The van der Waals surface area contributed by atoms with Crippen molar-refractivity contribution in [1.29, 1.82) is 0 Å². The van der Waals surface area contributed by atoms with E-state index in [0.717, 1.165) is 47.3 Å². The van der Waals surface area contributed by atoms with E-state index in [0.29, 0.717) is 30.0 Å². The van der Waals surface area contributed by atoms with Crippen molar-refractivity contribution < 1.29 is 0 Å². The van der Waals surface area contributed by atoms with E-state index in [-0.39, 0.29) is 5.69 Å². The van der Waals surface area contributed by atoms with Gasteiger partial charge in [0, 0.05) is 23.9 Å². The van der Waals surface area contributed by atoms with Crippen LogP contribution in [0.1, 0.15) is 63.3 Å². The summed E-state index contributed by atoms with van der Waals surface area (Å²) in [6.07, 6.45) is 11.0. The summed E-state index contributed by atoms with van der Waals surface area (Å²) in [5.74, 6) is 1.30. The Bertz CT molecular complexity index is 1340. The molecule has 36 heavy (non-hydrogen) atoms. The number of H-pyrrole nitrogens is 1. The van der Waals surface area contributed by atoms with Gasteiger partial charge >= 0.3 is 5.69 Å². The Balaban J connectivity index is 1.38. The van der Waals surface area contributed by atoms with Crippen molar-refractivity contribution in [1.82, 2.24) is 34.7 Å². The van der Waals surface area contributed by atoms with Crippen LogP contribution in [0.3, 0.4) is 0 Å². The van der Waals surface area contributed by atoms with Crippen LogP contribution >= 0.6 is 11.6 Å². The lowest BCUT2D eigenvalue weighted by Crippen LogP contribution is -2.27. The van der Waals surface area contributed by atoms with E-state index < -0.39 is 0 Å². The highest BCUT2D eigenvalue weighted by Gasteiger charge is 2.20. The second-order valence-corrected chi connectivity index (χ2v) is 9.99. The summed E-state index contributed by atoms with van der Waals surface area (Å²) in [4.78, 5) is 18.1. The van der Waals surface area contributed by atoms with Crippen molar-refractivity contribution in [3.05, 3.63) is 69.6 Å². The smallest absolute Gasteiger partial charge is 0.289 e. The van der Waals surface area contributed by atoms with E-state index >= 15 is 0 Å². The predicted molar refractivity (Wildman–Crippen MR) is 141 cm³/mol. The average molecular weight is 506 g/mol. The number of hydrogen-bond donors (Lipinski definition) is 1. The van der Waals surface area contributed by atoms with Gasteiger partial charge in [-0.25, -0.2) is 9.89 Å². The molecular formula is C27H32ClN7O. The van der Waals surface area contributed by atoms with Crippen LogP contribution in [-0.2, 0) is 19.5 Å². The maximum absolute atomic E-state index is 13.4. The first-order chi connectivity index (χ1) is 17.7. The second kappa shape index (κ2) is 11.2. The van der Waals surface area contributed by atoms with Gasteiger partial charge in [-0.05, 0) is 40.8 Å². The molecule has 188 valence electrons. The maximum atomic E-state index is 13.4. The van der Waals surface area contributed by atoms with Crippen molar-refractivity contribution in [2.24, 2.45) is 5.92 Å². The molecule has 4 aromatic rings. The van der Waals surface area contributed by atoms with Crippen LogP contribution in [0.2, 0.25) is 5.15 Å². The summed E-state index contributed by atoms with van der Waals surface area (Å²) in [7, 11) is 0. The van der Waals surface area contributed by atoms with Gasteiger partial charge in [0.2, 0.25) is 0 Å². The van der Waals surface area contributed by atoms with E-state index in [1.54, 1.807) is 4.57 Å². The van der Waals surface area contributed by atoms with E-state index in [1.807, 2.05) is 47.2 Å². The third-order valence-corrected chi connectivity index (χ3v) is 7.64. The van der Waals surface area contributed by atoms with Crippen molar-refractivity contribution in [2.75, 3.05) is 0 Å². The zero-order valence-corrected chi connectivity index (χ0v) is 21.4. The lowest BCUT2D eigenvalue weighted by atomic mass is 9.87. The van der Waals surface area contributed by atoms with Gasteiger partial charge in [0.25, 0.3) is 0 Å². The number of aromatic amines is 1. The topological polar surface area (TPSA) is 94.3 Å². The fourth-order valence-electron chi connectivity index (χ4n) is 5.29. The fourth-order valence-corrected chi connectivity index (χ4v) is 5.64. The largest absolute Gasteiger partial charge is 0.329 e. The van der Waals surface area contributed by atoms with Crippen LogP contribution in [0.15, 0.2) is 47.4 Å². The van der Waals surface area contributed by atoms with E-state index in [9.17, 15) is 4.79 Å². The van der Waals surface area contributed by atoms with Crippen molar-refractivity contribution in [3.8, 4) is 22.5 Å². The van der Waals surface area contributed by atoms with Gasteiger partial charge in [0.15, 0.2) is 5.82 Å². The van der Waals surface area contributed by atoms with Gasteiger partial charge < -0.3 is 0 Å². The Morgan fingerprint density at radius 2 is 1.86 bits per heavy atom. The molecule has 0 aliphatic heterocycles. The number of tetrazole rings is 1. The van der Waals surface area contributed by atoms with Crippen molar-refractivity contribution >= 4 is 11.6 Å². The molecule has 5 rings (SSSR count). The normalized spacial score (nSPS) is 14.4. The van der Waals surface area contributed by atoms with Crippen LogP contribution in [0.5, 0.6) is 0 Å². The Hall–Kier alpha value is -3.26. The lowest BCUT2D eigenvalue weighted by molar-refractivity contribution is 0.322. The number of benzene rings is 1. The molecule has 0 spiro atoms. The Morgan fingerprint density at radius 3 is 2.56 bits per heavy atom. The average Bonchev–Trinajstić information content (AvgIpc) is 3.53. The molecule has 1 aromatic carbocycles. The SMILES string of the molecule is CCCc1c(Cl)n(CCC2CCCCC2)c(=O)n1Cc1ccc(-c2ccccc2-c2nnn[nH]2)cn1. The molecule has 8 nitrogen and oxygen atoms in total. The van der Waals surface area contributed by atoms with Crippen LogP contribution in [0, 0.1) is 5.92 Å². The first-order valence-electron chi connectivity index (χ1n) is 12.9. The number of aromatic nitrogens is 7. The van der Waals surface area contributed by atoms with Gasteiger partial charge in [-0.3, -0.25) is 14.1 Å². The van der Waals surface area contributed by atoms with Crippen molar-refractivity contribution in [2.45, 2.75) is 71.4 Å². The van der Waals surface area contributed by atoms with E-state index in [1.165, 1.54) is 32.1 Å². The number of pyridine rings is 1. The predicted octanol–water partition coefficient (Wildman–Crippen LogP) is 5.52. The highest BCUT2D eigenvalue weighted by atomic mass is 35.5. The van der Waals surface area contributed by atoms with Crippen molar-refractivity contribution in [3.63, 3.8) is 0 Å². The summed E-state index contributed by atoms with van der Waals surface area (Å²) in [5.41, 5.74) is 4.53. The minimum absolute atomic E-state index is 0.0340. The molecule has 0 amide bonds. The Kier molecular flexibility index (Phi) is 7.60. The molecular weight excluding hydrogens is 474 g/mol. The maximum Gasteiger partial charge on any atom is 0.329 e. The summed E-state index contributed by atoms with van der Waals surface area (Å²) in [5, 5.41) is 14.8. The number of hydrogen-bond acceptors (Lipinski definition) is 5. The van der Waals surface area contributed by atoms with E-state index in [4.69, 9.17) is 16.6 Å². The number of rotatable bonds is 9. The Labute approximate surface area is 215 Å². The third kappa shape index (κ3) is 5.14. The molecule has 1 N–H and O–H groups in total. The summed E-state index contributed by atoms with van der Waals surface area (Å²) < 4.78 is 3.58. The quantitative estimate of drug-likeness (QED) is 0.323. The molecule has 3 aromatic heterocycles. The van der Waals surface area contributed by atoms with Crippen LogP contribution in [-0.4, -0.2) is 34.7 Å². The summed E-state index contributed by atoms with van der Waals surface area (Å²) in [6, 6.07) is 11.9. The van der Waals surface area contributed by atoms with Gasteiger partial charge in [-0.1, -0.05) is 87.4 Å². The number of imidazole rings is 1. The highest BCUT2D eigenvalue weighted by Crippen LogP contribution is 2.30. The Morgan fingerprint density at radius 1 is 1.06 bits per heavy atom. The second-order valence-electron chi connectivity index (χ2n) is 9.63. The molecule has 0 unspecified atom stereocenters. The first-order valence-corrected chi connectivity index (χ1v) is 13.3. The van der Waals surface area contributed by atoms with Gasteiger partial charge in [-0.2, -0.15) is 0 Å². The first kappa shape index (κ1) is 24.4. The molecule has 1 aliphatic carbocycles. The molecule has 0 radical (unpaired) electrons.